The van der Waals surface area contributed by atoms with Crippen LogP contribution in [-0.4, -0.2) is 204 Å². The van der Waals surface area contributed by atoms with E-state index in [1.165, 1.54) is 56.7 Å². The molecule has 1 aliphatic heterocycles. The molecule has 7 N–H and O–H groups in total. The lowest BCUT2D eigenvalue weighted by Gasteiger charge is -2.37. The minimum Gasteiger partial charge on any atom is -0.391 e. The average molecular weight is 1220 g/mol. The molecule has 2 aromatic carbocycles. The zero-order valence-corrected chi connectivity index (χ0v) is 54.1. The molecule has 0 bridgehead atoms. The standard InChI is InChI=1S/C64H101N11O12/c1-16-42(8)56(74(15)61(84)43(9)66-52(78)38-71(12)63(86)55(69-51(77)34-41(6)7)64(87)75-30-24-19-25-31-75)60(83)68-49(32-39(2)3)62(85)72(13)47(35-45-26-20-17-21-27-45)37-53(79)73(14)50(33-40(4)5)58(81)70-54(44(10)76)59(82)67-48(57(80)65-11)36-46-28-22-18-23-29-46/h17-18,20-23,26-29,39-44,47-50,54-56,76H,16,19,24-25,30-38H2,1-15H3,(H,65,80)(H,66,78)(H,67,82)(H,68,83)(H,69,77)(H,70,81)/t42-,43?,44+,47-,48-,49-,50-,54-,55-,56-/m0/s1. The number of piperidine rings is 1. The fourth-order valence-electron chi connectivity index (χ4n) is 10.6. The first-order chi connectivity index (χ1) is 40.9. The third kappa shape index (κ3) is 23.3. The monoisotopic (exact) mass is 1220 g/mol. The molecule has 1 aliphatic rings. The predicted octanol–water partition coefficient (Wildman–Crippen LogP) is 2.57. The molecule has 3 rings (SSSR count). The van der Waals surface area contributed by atoms with E-state index in [0.29, 0.717) is 19.5 Å². The lowest BCUT2D eigenvalue weighted by molar-refractivity contribution is -0.148. The molecule has 1 heterocycles. The zero-order chi connectivity index (χ0) is 65.4. The molecule has 0 aromatic heterocycles. The molecule has 0 saturated carbocycles. The van der Waals surface area contributed by atoms with Crippen LogP contribution in [0.2, 0.25) is 0 Å². The molecule has 484 valence electrons. The largest absolute Gasteiger partial charge is 0.391 e. The minimum atomic E-state index is -1.55. The van der Waals surface area contributed by atoms with Gasteiger partial charge in [-0.05, 0) is 87.2 Å². The van der Waals surface area contributed by atoms with Crippen LogP contribution < -0.4 is 31.9 Å². The summed E-state index contributed by atoms with van der Waals surface area (Å²) in [4.78, 5) is 160. The van der Waals surface area contributed by atoms with Gasteiger partial charge in [0.05, 0.1) is 12.6 Å². The smallest absolute Gasteiger partial charge is 0.255 e. The Morgan fingerprint density at radius 1 is 0.552 bits per heavy atom. The number of likely N-dealkylation sites (tertiary alicyclic amines) is 1. The third-order valence-electron chi connectivity index (χ3n) is 15.8. The second-order valence-electron chi connectivity index (χ2n) is 24.7. The molecule has 23 nitrogen and oxygen atoms in total. The van der Waals surface area contributed by atoms with Crippen LogP contribution in [0.1, 0.15) is 132 Å². The van der Waals surface area contributed by atoms with E-state index in [2.05, 4.69) is 31.9 Å². The van der Waals surface area contributed by atoms with Crippen LogP contribution in [0.25, 0.3) is 0 Å². The number of amides is 11. The summed E-state index contributed by atoms with van der Waals surface area (Å²) in [5.41, 5.74) is 1.56. The normalized spacial score (nSPS) is 15.8. The second-order valence-corrected chi connectivity index (χ2v) is 24.7. The number of aliphatic hydroxyl groups is 1. The first kappa shape index (κ1) is 73.8. The number of nitrogens with one attached hydrogen (secondary N) is 6. The molecule has 1 saturated heterocycles. The van der Waals surface area contributed by atoms with Gasteiger partial charge in [-0.2, -0.15) is 0 Å². The maximum Gasteiger partial charge on any atom is 0.255 e. The van der Waals surface area contributed by atoms with E-state index in [-0.39, 0.29) is 56.3 Å². The topological polar surface area (TPSA) is 296 Å². The third-order valence-corrected chi connectivity index (χ3v) is 15.8. The molecule has 1 fully saturated rings. The number of hydrogen-bond donors (Lipinski definition) is 7. The number of carbonyl (C=O) groups excluding carboxylic acids is 11. The number of benzene rings is 2. The van der Waals surface area contributed by atoms with Gasteiger partial charge in [0.25, 0.3) is 11.8 Å². The van der Waals surface area contributed by atoms with Crippen molar-refractivity contribution in [1.29, 1.82) is 0 Å². The van der Waals surface area contributed by atoms with Gasteiger partial charge in [-0.25, -0.2) is 0 Å². The van der Waals surface area contributed by atoms with Gasteiger partial charge in [0.2, 0.25) is 53.2 Å². The first-order valence-electron chi connectivity index (χ1n) is 30.7. The van der Waals surface area contributed by atoms with Crippen LogP contribution in [0.4, 0.5) is 0 Å². The Morgan fingerprint density at radius 2 is 1.10 bits per heavy atom. The van der Waals surface area contributed by atoms with Crippen molar-refractivity contribution in [2.75, 3.05) is 54.9 Å². The van der Waals surface area contributed by atoms with E-state index in [1.54, 1.807) is 43.1 Å². The van der Waals surface area contributed by atoms with Crippen molar-refractivity contribution in [3.63, 3.8) is 0 Å². The second kappa shape index (κ2) is 36.0. The van der Waals surface area contributed by atoms with Crippen molar-refractivity contribution < 1.29 is 57.8 Å². The maximum absolute atomic E-state index is 15.0. The van der Waals surface area contributed by atoms with Gasteiger partial charge in [0.1, 0.15) is 36.3 Å². The van der Waals surface area contributed by atoms with Crippen LogP contribution in [-0.2, 0) is 65.6 Å². The lowest BCUT2D eigenvalue weighted by Crippen LogP contribution is -2.60. The minimum absolute atomic E-state index is 0.0448. The number of nitrogens with zero attached hydrogens (tertiary/aromatic N) is 5. The molecule has 0 aliphatic carbocycles. The molecule has 0 radical (unpaired) electrons. The highest BCUT2D eigenvalue weighted by Gasteiger charge is 2.41. The number of carbonyl (C=O) groups is 11. The zero-order valence-electron chi connectivity index (χ0n) is 54.1. The van der Waals surface area contributed by atoms with Crippen molar-refractivity contribution in [3.8, 4) is 0 Å². The highest BCUT2D eigenvalue weighted by molar-refractivity contribution is 6.07. The van der Waals surface area contributed by atoms with Gasteiger partial charge in [-0.15, -0.1) is 0 Å². The summed E-state index contributed by atoms with van der Waals surface area (Å²) in [6, 6.07) is 8.64. The summed E-state index contributed by atoms with van der Waals surface area (Å²) in [6.07, 6.45) is 1.90. The molecular formula is C64H101N11O12. The van der Waals surface area contributed by atoms with E-state index >= 15 is 0 Å². The van der Waals surface area contributed by atoms with Crippen LogP contribution >= 0.6 is 0 Å². The van der Waals surface area contributed by atoms with Crippen LogP contribution in [0.3, 0.4) is 0 Å². The van der Waals surface area contributed by atoms with Crippen molar-refractivity contribution >= 4 is 65.0 Å². The van der Waals surface area contributed by atoms with Gasteiger partial charge >= 0.3 is 0 Å². The summed E-state index contributed by atoms with van der Waals surface area (Å²) in [6.45, 7) is 17.9. The van der Waals surface area contributed by atoms with E-state index in [1.807, 2.05) is 84.9 Å². The Bertz CT molecular complexity index is 2610. The molecular weight excluding hydrogens is 1110 g/mol. The number of aliphatic hydroxyl groups excluding tert-OH is 1. The summed E-state index contributed by atoms with van der Waals surface area (Å²) in [7, 11) is 7.20. The molecule has 0 spiro atoms. The SMILES string of the molecule is CC[C@H](C)[C@@H](C(=O)N[C@@H](CC(C)C)C(=O)N(C)[C@H](CC(=O)N(C)[C@@H](CC(C)C)C(=O)N[C@H](C(=O)N[C@@H](Cc1ccccc1)C(=O)NC)[C@@H](C)O)Cc1ccccc1)N(C)C(=O)C(C)NC(=O)CN(C)C(=O)[C@H](NC(=O)CC(C)C)C(=O)N1CCCCC1. The molecule has 1 unspecified atom stereocenters. The quantitative estimate of drug-likeness (QED) is 0.0508. The summed E-state index contributed by atoms with van der Waals surface area (Å²) in [5.74, 6) is -7.69. The van der Waals surface area contributed by atoms with Crippen LogP contribution in [0, 0.1) is 23.7 Å². The first-order valence-corrected chi connectivity index (χ1v) is 30.7. The molecule has 23 heteroatoms. The molecule has 87 heavy (non-hydrogen) atoms. The van der Waals surface area contributed by atoms with E-state index < -0.39 is 132 Å². The van der Waals surface area contributed by atoms with Gasteiger partial charge < -0.3 is 61.5 Å². The van der Waals surface area contributed by atoms with Gasteiger partial charge in [-0.3, -0.25) is 52.7 Å². The summed E-state index contributed by atoms with van der Waals surface area (Å²) < 4.78 is 0. The Labute approximate surface area is 515 Å². The molecule has 11 amide bonds. The predicted molar refractivity (Wildman–Crippen MR) is 332 cm³/mol. The summed E-state index contributed by atoms with van der Waals surface area (Å²) >= 11 is 0. The highest BCUT2D eigenvalue weighted by atomic mass is 16.3. The van der Waals surface area contributed by atoms with Crippen molar-refractivity contribution in [2.24, 2.45) is 23.7 Å². The number of hydrogen-bond acceptors (Lipinski definition) is 12. The summed E-state index contributed by atoms with van der Waals surface area (Å²) in [5, 5.41) is 26.9. The number of likely N-dealkylation sites (N-methyl/N-ethyl adjacent to an activating group) is 5. The Morgan fingerprint density at radius 3 is 1.62 bits per heavy atom. The van der Waals surface area contributed by atoms with Gasteiger partial charge in [0, 0.05) is 73.6 Å². The molecule has 10 atom stereocenters. The average Bonchev–Trinajstić information content (AvgIpc) is 2.37. The Hall–Kier alpha value is -7.43. The molecule has 2 aromatic rings. The van der Waals surface area contributed by atoms with Gasteiger partial charge in [0.15, 0.2) is 6.04 Å². The maximum atomic E-state index is 15.0. The fraction of sp³-hybridized carbons (Fsp3) is 0.641. The van der Waals surface area contributed by atoms with Gasteiger partial charge in [-0.1, -0.05) is 122 Å². The van der Waals surface area contributed by atoms with E-state index in [4.69, 9.17) is 0 Å². The highest BCUT2D eigenvalue weighted by Crippen LogP contribution is 2.22. The Kier molecular flexibility index (Phi) is 30.6. The number of rotatable bonds is 33. The van der Waals surface area contributed by atoms with Crippen molar-refractivity contribution in [1.82, 2.24) is 56.4 Å². The van der Waals surface area contributed by atoms with Crippen molar-refractivity contribution in [3.05, 3.63) is 71.8 Å². The fourth-order valence-corrected chi connectivity index (χ4v) is 10.6. The van der Waals surface area contributed by atoms with Crippen LogP contribution in [0.5, 0.6) is 0 Å². The van der Waals surface area contributed by atoms with Crippen LogP contribution in [0.15, 0.2) is 60.7 Å². The van der Waals surface area contributed by atoms with E-state index in [9.17, 15) is 57.8 Å². The van der Waals surface area contributed by atoms with Crippen molar-refractivity contribution in [2.45, 2.75) is 188 Å². The Balaban J connectivity index is 1.86. The van der Waals surface area contributed by atoms with E-state index in [0.717, 1.165) is 35.3 Å². The lowest BCUT2D eigenvalue weighted by atomic mass is 9.94.